The summed E-state index contributed by atoms with van der Waals surface area (Å²) in [6, 6.07) is 56.5. The van der Waals surface area contributed by atoms with E-state index in [4.69, 9.17) is 40.1 Å². The van der Waals surface area contributed by atoms with Gasteiger partial charge >= 0.3 is 0 Å². The van der Waals surface area contributed by atoms with Crippen LogP contribution in [0.2, 0.25) is 0 Å². The summed E-state index contributed by atoms with van der Waals surface area (Å²) in [6.07, 6.45) is 0. The lowest BCUT2D eigenvalue weighted by Gasteiger charge is -1.97. The molecule has 8 aromatic carbocycles. The number of Topliss-reactive ketones (excluding diaryl/α,β-unsaturated/α-hetero) is 2. The van der Waals surface area contributed by atoms with Gasteiger partial charge in [-0.25, -0.2) is 8.78 Å². The molecule has 0 aliphatic rings. The van der Waals surface area contributed by atoms with E-state index in [0.717, 1.165) is 62.3 Å². The molecule has 0 heterocycles. The Bertz CT molecular complexity index is 2310. The van der Waals surface area contributed by atoms with Crippen LogP contribution in [-0.4, -0.2) is 11.6 Å². The maximum atomic E-state index is 12.2. The van der Waals surface area contributed by atoms with E-state index in [1.807, 2.05) is 168 Å². The first-order valence-corrected chi connectivity index (χ1v) is 21.8. The van der Waals surface area contributed by atoms with Crippen LogP contribution in [0.25, 0.3) is 0 Å². The van der Waals surface area contributed by atoms with Gasteiger partial charge in [-0.05, 0) is 156 Å². The number of benzene rings is 8. The van der Waals surface area contributed by atoms with E-state index in [1.165, 1.54) is 26.0 Å². The SMILES string of the molecule is CC(=O)c1ccccc1N.CC(=O)c1ccccc1N.Cc1cc(F)cc(F)c1.Cc1ccccc1N.Cc1ccccc1N.Cc1ccccc1N.Cc1ccccc1N.Cc1ccccc1N. The monoisotopic (exact) mass is 934 g/mol. The summed E-state index contributed by atoms with van der Waals surface area (Å²) in [5, 5.41) is 0. The normalized spacial score (nSPS) is 9.25. The second-order valence-electron chi connectivity index (χ2n) is 15.5. The van der Waals surface area contributed by atoms with E-state index in [9.17, 15) is 18.4 Å². The van der Waals surface area contributed by atoms with Crippen LogP contribution < -0.4 is 40.1 Å². The first-order valence-electron chi connectivity index (χ1n) is 21.8. The highest BCUT2D eigenvalue weighted by Gasteiger charge is 2.01. The standard InChI is InChI=1S/2C8H9NO.C7H6F2.5C7H9N/c2*1-6(10)7-4-2-3-5-8(7)9;1-5-2-6(8)4-7(9)3-5;5*1-6-4-2-3-5-7(6)8/h2*2-5H,9H2,1H3;2-4H,1H3;5*2-5H,8H2,1H3. The van der Waals surface area contributed by atoms with Crippen LogP contribution in [0.1, 0.15) is 67.9 Å². The van der Waals surface area contributed by atoms with Crippen LogP contribution in [0.15, 0.2) is 188 Å². The number of ketones is 2. The lowest BCUT2D eigenvalue weighted by atomic mass is 10.1. The molecule has 0 aromatic heterocycles. The fourth-order valence-corrected chi connectivity index (χ4v) is 5.26. The van der Waals surface area contributed by atoms with Crippen molar-refractivity contribution in [2.75, 3.05) is 40.1 Å². The molecule has 0 radical (unpaired) electrons. The van der Waals surface area contributed by atoms with Gasteiger partial charge in [-0.2, -0.15) is 0 Å². The van der Waals surface area contributed by atoms with E-state index in [0.29, 0.717) is 28.1 Å². The number of aryl methyl sites for hydroxylation is 6. The minimum atomic E-state index is -0.521. The highest BCUT2D eigenvalue weighted by atomic mass is 19.1. The van der Waals surface area contributed by atoms with E-state index in [2.05, 4.69) is 0 Å². The number of para-hydroxylation sites is 7. The molecule has 69 heavy (non-hydrogen) atoms. The van der Waals surface area contributed by atoms with Crippen molar-refractivity contribution < 1.29 is 18.4 Å². The molecule has 0 saturated heterocycles. The number of nitrogens with two attached hydrogens (primary N) is 7. The lowest BCUT2D eigenvalue weighted by molar-refractivity contribution is 0.101. The molecular formula is C58H69F2N7O2. The van der Waals surface area contributed by atoms with Crippen molar-refractivity contribution in [3.63, 3.8) is 0 Å². The Kier molecular flexibility index (Phi) is 27.4. The van der Waals surface area contributed by atoms with Crippen LogP contribution in [-0.2, 0) is 0 Å². The maximum Gasteiger partial charge on any atom is 0.161 e. The largest absolute Gasteiger partial charge is 0.399 e. The molecule has 14 N–H and O–H groups in total. The van der Waals surface area contributed by atoms with Crippen LogP contribution in [0.4, 0.5) is 48.6 Å². The van der Waals surface area contributed by atoms with Crippen molar-refractivity contribution in [3.05, 3.63) is 244 Å². The minimum Gasteiger partial charge on any atom is -0.399 e. The summed E-state index contributed by atoms with van der Waals surface area (Å²) in [5.41, 5.74) is 51.6. The molecule has 8 rings (SSSR count). The molecule has 9 nitrogen and oxygen atoms in total. The number of nitrogen functional groups attached to an aromatic ring is 7. The smallest absolute Gasteiger partial charge is 0.161 e. The Morgan fingerprint density at radius 1 is 0.304 bits per heavy atom. The quantitative estimate of drug-likeness (QED) is 0.0647. The third-order valence-corrected chi connectivity index (χ3v) is 9.63. The van der Waals surface area contributed by atoms with Crippen molar-refractivity contribution in [1.82, 2.24) is 0 Å². The Balaban J connectivity index is 0.000000395. The first kappa shape index (κ1) is 58.6. The molecule has 8 aromatic rings. The molecule has 0 unspecified atom stereocenters. The van der Waals surface area contributed by atoms with Gasteiger partial charge in [-0.1, -0.05) is 115 Å². The summed E-state index contributed by atoms with van der Waals surface area (Å²) < 4.78 is 24.4. The average Bonchev–Trinajstić information content (AvgIpc) is 3.30. The molecule has 0 aliphatic carbocycles. The number of hydrogen-bond acceptors (Lipinski definition) is 9. The third-order valence-electron chi connectivity index (χ3n) is 9.63. The van der Waals surface area contributed by atoms with Crippen molar-refractivity contribution >= 4 is 51.4 Å². The Hall–Kier alpha value is -8.44. The molecule has 0 saturated carbocycles. The zero-order valence-electron chi connectivity index (χ0n) is 41.0. The number of hydrogen-bond donors (Lipinski definition) is 7. The molecule has 0 fully saturated rings. The Labute approximate surface area is 408 Å². The van der Waals surface area contributed by atoms with Gasteiger partial charge in [0, 0.05) is 57.0 Å². The number of carbonyl (C=O) groups is 2. The zero-order valence-corrected chi connectivity index (χ0v) is 41.0. The second kappa shape index (κ2) is 32.3. The van der Waals surface area contributed by atoms with Crippen molar-refractivity contribution in [2.24, 2.45) is 0 Å². The van der Waals surface area contributed by atoms with E-state index in [-0.39, 0.29) is 11.6 Å². The fourth-order valence-electron chi connectivity index (χ4n) is 5.26. The molecule has 11 heteroatoms. The van der Waals surface area contributed by atoms with Crippen molar-refractivity contribution in [1.29, 1.82) is 0 Å². The predicted octanol–water partition coefficient (Wildman–Crippen LogP) is 13.1. The highest BCUT2D eigenvalue weighted by Crippen LogP contribution is 2.13. The fraction of sp³-hybridized carbons (Fsp3) is 0.138. The van der Waals surface area contributed by atoms with Gasteiger partial charge < -0.3 is 40.1 Å². The number of rotatable bonds is 2. The topological polar surface area (TPSA) is 216 Å². The molecular weight excluding hydrogens is 865 g/mol. The summed E-state index contributed by atoms with van der Waals surface area (Å²) in [4.78, 5) is 21.6. The van der Waals surface area contributed by atoms with Crippen LogP contribution >= 0.6 is 0 Å². The van der Waals surface area contributed by atoms with Gasteiger partial charge in [0.2, 0.25) is 0 Å². The molecule has 0 aliphatic heterocycles. The van der Waals surface area contributed by atoms with Crippen LogP contribution in [0.5, 0.6) is 0 Å². The van der Waals surface area contributed by atoms with Crippen LogP contribution in [0, 0.1) is 53.2 Å². The summed E-state index contributed by atoms with van der Waals surface area (Å²) >= 11 is 0. The molecule has 362 valence electrons. The van der Waals surface area contributed by atoms with E-state index < -0.39 is 11.6 Å². The molecule has 0 atom stereocenters. The lowest BCUT2D eigenvalue weighted by Crippen LogP contribution is -1.97. The maximum absolute atomic E-state index is 12.2. The second-order valence-corrected chi connectivity index (χ2v) is 15.5. The van der Waals surface area contributed by atoms with E-state index in [1.54, 1.807) is 43.3 Å². The summed E-state index contributed by atoms with van der Waals surface area (Å²) in [7, 11) is 0. The van der Waals surface area contributed by atoms with Crippen LogP contribution in [0.3, 0.4) is 0 Å². The zero-order chi connectivity index (χ0) is 51.9. The van der Waals surface area contributed by atoms with Gasteiger partial charge in [-0.3, -0.25) is 9.59 Å². The number of anilines is 7. The summed E-state index contributed by atoms with van der Waals surface area (Å²) in [5.74, 6) is -1.02. The molecule has 0 amide bonds. The molecule has 0 bridgehead atoms. The Morgan fingerprint density at radius 3 is 0.623 bits per heavy atom. The van der Waals surface area contributed by atoms with Gasteiger partial charge in [0.25, 0.3) is 0 Å². The Morgan fingerprint density at radius 2 is 0.493 bits per heavy atom. The highest BCUT2D eigenvalue weighted by molar-refractivity contribution is 5.99. The van der Waals surface area contributed by atoms with Gasteiger partial charge in [0.1, 0.15) is 11.6 Å². The summed E-state index contributed by atoms with van der Waals surface area (Å²) in [6.45, 7) is 14.6. The minimum absolute atomic E-state index is 0.0121. The number of carbonyl (C=O) groups excluding carboxylic acids is 2. The van der Waals surface area contributed by atoms with Crippen molar-refractivity contribution in [3.8, 4) is 0 Å². The predicted molar refractivity (Wildman–Crippen MR) is 291 cm³/mol. The van der Waals surface area contributed by atoms with Gasteiger partial charge in [0.05, 0.1) is 0 Å². The van der Waals surface area contributed by atoms with Gasteiger partial charge in [0.15, 0.2) is 11.6 Å². The average molecular weight is 934 g/mol. The number of halogens is 2. The van der Waals surface area contributed by atoms with Crippen molar-refractivity contribution in [2.45, 2.75) is 55.4 Å². The first-order chi connectivity index (χ1) is 32.6. The third kappa shape index (κ3) is 25.2. The van der Waals surface area contributed by atoms with E-state index >= 15 is 0 Å². The molecule has 0 spiro atoms. The van der Waals surface area contributed by atoms with Gasteiger partial charge in [-0.15, -0.1) is 0 Å².